The first kappa shape index (κ1) is 25.6. The number of benzene rings is 3. The Morgan fingerprint density at radius 1 is 0.975 bits per heavy atom. The van der Waals surface area contributed by atoms with Crippen LogP contribution in [0.4, 0.5) is 22.0 Å². The molecule has 204 valence electrons. The van der Waals surface area contributed by atoms with Crippen LogP contribution < -0.4 is 20.7 Å². The Labute approximate surface area is 233 Å². The van der Waals surface area contributed by atoms with Gasteiger partial charge >= 0.3 is 6.03 Å². The maximum absolute atomic E-state index is 13.2. The number of carbonyl (C=O) groups excluding carboxylic acids is 1. The molecule has 0 atom stereocenters. The number of hydrogen-bond acceptors (Lipinski definition) is 6. The maximum atomic E-state index is 13.2. The summed E-state index contributed by atoms with van der Waals surface area (Å²) in [6, 6.07) is 17.8. The van der Waals surface area contributed by atoms with Crippen LogP contribution in [0.3, 0.4) is 0 Å². The molecule has 9 nitrogen and oxygen atoms in total. The second kappa shape index (κ2) is 9.82. The maximum Gasteiger partial charge on any atom is 0.323 e. The van der Waals surface area contributed by atoms with E-state index < -0.39 is 0 Å². The summed E-state index contributed by atoms with van der Waals surface area (Å²) in [5.74, 6) is 2.06. The van der Waals surface area contributed by atoms with Crippen LogP contribution in [-0.4, -0.2) is 38.7 Å². The zero-order valence-corrected chi connectivity index (χ0v) is 23.4. The lowest BCUT2D eigenvalue weighted by molar-refractivity contribution is 0.262. The van der Waals surface area contributed by atoms with Crippen molar-refractivity contribution in [3.63, 3.8) is 0 Å². The molecule has 9 heteroatoms. The van der Waals surface area contributed by atoms with Crippen molar-refractivity contribution in [3.8, 4) is 11.4 Å². The number of fused-ring (bicyclic) bond motifs is 2. The number of rotatable bonds is 6. The van der Waals surface area contributed by atoms with Gasteiger partial charge in [-0.3, -0.25) is 4.57 Å². The fourth-order valence-electron chi connectivity index (χ4n) is 4.86. The number of imidazole rings is 1. The summed E-state index contributed by atoms with van der Waals surface area (Å²) in [7, 11) is 1.60. The molecule has 2 aromatic heterocycles. The molecule has 1 aliphatic carbocycles. The van der Waals surface area contributed by atoms with E-state index in [4.69, 9.17) is 9.72 Å². The minimum absolute atomic E-state index is 0.0686. The molecule has 0 saturated heterocycles. The third kappa shape index (κ3) is 4.90. The van der Waals surface area contributed by atoms with Crippen LogP contribution in [-0.2, 0) is 5.41 Å². The van der Waals surface area contributed by atoms with Crippen LogP contribution in [0.15, 0.2) is 60.9 Å². The zero-order valence-electron chi connectivity index (χ0n) is 23.4. The molecule has 5 aromatic rings. The Balaban J connectivity index is 1.34. The van der Waals surface area contributed by atoms with E-state index in [1.165, 1.54) is 0 Å². The molecular formula is C31H33N7O2. The van der Waals surface area contributed by atoms with E-state index in [-0.39, 0.29) is 11.4 Å². The van der Waals surface area contributed by atoms with Gasteiger partial charge in [-0.05, 0) is 55.0 Å². The molecule has 2 heterocycles. The van der Waals surface area contributed by atoms with Crippen molar-refractivity contribution in [3.05, 3.63) is 72.3 Å². The number of aryl methyl sites for hydroxylation is 1. The molecular weight excluding hydrogens is 502 g/mol. The lowest BCUT2D eigenvalue weighted by Crippen LogP contribution is -2.21. The van der Waals surface area contributed by atoms with Gasteiger partial charge in [0.15, 0.2) is 17.0 Å². The minimum atomic E-state index is -0.352. The first-order valence-corrected chi connectivity index (χ1v) is 13.5. The monoisotopic (exact) mass is 535 g/mol. The van der Waals surface area contributed by atoms with Gasteiger partial charge in [0.1, 0.15) is 17.9 Å². The molecule has 40 heavy (non-hydrogen) atoms. The van der Waals surface area contributed by atoms with E-state index in [1.807, 2.05) is 66.1 Å². The standard InChI is InChI=1S/C31H33N7O2/c1-18-33-28(35-20-11-12-20)27-29(34-18)38(17-32-27)25-14-13-23(21-8-6-7-9-22(21)25)36-30(39)37-24-16-19(31(2,3)4)10-15-26(24)40-5/h6-10,13-17,20H,11-12H2,1-5H3,(H,33,34,35)(H2,36,37,39). The van der Waals surface area contributed by atoms with Crippen LogP contribution in [0, 0.1) is 6.92 Å². The Morgan fingerprint density at radius 3 is 2.45 bits per heavy atom. The van der Waals surface area contributed by atoms with E-state index in [0.717, 1.165) is 51.8 Å². The summed E-state index contributed by atoms with van der Waals surface area (Å²) in [5, 5.41) is 11.3. The van der Waals surface area contributed by atoms with Gasteiger partial charge in [0.25, 0.3) is 0 Å². The number of carbonyl (C=O) groups is 1. The summed E-state index contributed by atoms with van der Waals surface area (Å²) in [6.45, 7) is 8.29. The Hall–Kier alpha value is -4.66. The quantitative estimate of drug-likeness (QED) is 0.221. The van der Waals surface area contributed by atoms with Crippen molar-refractivity contribution < 1.29 is 9.53 Å². The largest absolute Gasteiger partial charge is 0.495 e. The van der Waals surface area contributed by atoms with Crippen LogP contribution in [0.25, 0.3) is 27.6 Å². The van der Waals surface area contributed by atoms with Gasteiger partial charge in [-0.1, -0.05) is 51.1 Å². The number of aromatic nitrogens is 4. The second-order valence-corrected chi connectivity index (χ2v) is 11.2. The molecule has 0 spiro atoms. The molecule has 6 rings (SSSR count). The van der Waals surface area contributed by atoms with Crippen LogP contribution in [0.2, 0.25) is 0 Å². The van der Waals surface area contributed by atoms with Gasteiger partial charge in [-0.2, -0.15) is 0 Å². The Bertz CT molecular complexity index is 1750. The smallest absolute Gasteiger partial charge is 0.323 e. The number of anilines is 3. The van der Waals surface area contributed by atoms with Gasteiger partial charge < -0.3 is 20.7 Å². The van der Waals surface area contributed by atoms with Crippen molar-refractivity contribution in [2.75, 3.05) is 23.1 Å². The number of amides is 2. The molecule has 2 amide bonds. The summed E-state index contributed by atoms with van der Waals surface area (Å²) in [5.41, 5.74) is 4.73. The van der Waals surface area contributed by atoms with Gasteiger partial charge in [0.2, 0.25) is 0 Å². The molecule has 1 aliphatic rings. The molecule has 1 fully saturated rings. The number of ether oxygens (including phenoxy) is 1. The average molecular weight is 536 g/mol. The highest BCUT2D eigenvalue weighted by Gasteiger charge is 2.24. The van der Waals surface area contributed by atoms with Crippen molar-refractivity contribution in [1.29, 1.82) is 0 Å². The lowest BCUT2D eigenvalue weighted by Gasteiger charge is -2.21. The normalized spacial score (nSPS) is 13.4. The number of methoxy groups -OCH3 is 1. The van der Waals surface area contributed by atoms with Gasteiger partial charge in [-0.15, -0.1) is 0 Å². The van der Waals surface area contributed by atoms with Crippen LogP contribution >= 0.6 is 0 Å². The highest BCUT2D eigenvalue weighted by Crippen LogP contribution is 2.34. The summed E-state index contributed by atoms with van der Waals surface area (Å²) >= 11 is 0. The van der Waals surface area contributed by atoms with E-state index >= 15 is 0 Å². The fraction of sp³-hybridized carbons (Fsp3) is 0.290. The van der Waals surface area contributed by atoms with Crippen molar-refractivity contribution in [2.24, 2.45) is 0 Å². The topological polar surface area (TPSA) is 106 Å². The molecule has 3 N–H and O–H groups in total. The first-order valence-electron chi connectivity index (χ1n) is 13.5. The summed E-state index contributed by atoms with van der Waals surface area (Å²) < 4.78 is 7.49. The molecule has 0 bridgehead atoms. The highest BCUT2D eigenvalue weighted by atomic mass is 16.5. The van der Waals surface area contributed by atoms with Gasteiger partial charge in [0, 0.05) is 16.8 Å². The highest BCUT2D eigenvalue weighted by molar-refractivity contribution is 6.08. The summed E-state index contributed by atoms with van der Waals surface area (Å²) in [6.07, 6.45) is 4.08. The minimum Gasteiger partial charge on any atom is -0.495 e. The predicted octanol–water partition coefficient (Wildman–Crippen LogP) is 6.80. The van der Waals surface area contributed by atoms with Crippen LogP contribution in [0.1, 0.15) is 45.0 Å². The average Bonchev–Trinajstić information content (AvgIpc) is 3.64. The molecule has 0 aliphatic heterocycles. The first-order chi connectivity index (χ1) is 19.2. The van der Waals surface area contributed by atoms with Crippen molar-refractivity contribution in [1.82, 2.24) is 19.5 Å². The van der Waals surface area contributed by atoms with Crippen molar-refractivity contribution >= 4 is 45.2 Å². The zero-order chi connectivity index (χ0) is 28.0. The molecule has 0 unspecified atom stereocenters. The third-order valence-corrected chi connectivity index (χ3v) is 7.15. The lowest BCUT2D eigenvalue weighted by atomic mass is 9.87. The second-order valence-electron chi connectivity index (χ2n) is 11.2. The molecule has 1 saturated carbocycles. The van der Waals surface area contributed by atoms with E-state index in [2.05, 4.69) is 46.7 Å². The van der Waals surface area contributed by atoms with Crippen molar-refractivity contribution in [2.45, 2.75) is 52.0 Å². The van der Waals surface area contributed by atoms with E-state index in [1.54, 1.807) is 13.4 Å². The number of nitrogens with one attached hydrogen (secondary N) is 3. The predicted molar refractivity (Wildman–Crippen MR) is 160 cm³/mol. The molecule has 3 aromatic carbocycles. The fourth-order valence-corrected chi connectivity index (χ4v) is 4.86. The van der Waals surface area contributed by atoms with Gasteiger partial charge in [0.05, 0.1) is 24.2 Å². The molecule has 0 radical (unpaired) electrons. The summed E-state index contributed by atoms with van der Waals surface area (Å²) in [4.78, 5) is 27.2. The van der Waals surface area contributed by atoms with Crippen LogP contribution in [0.5, 0.6) is 5.75 Å². The SMILES string of the molecule is COc1ccc(C(C)(C)C)cc1NC(=O)Nc1ccc(-n2cnc3c(NC4CC4)nc(C)nc32)c2ccccc12. The van der Waals surface area contributed by atoms with E-state index in [0.29, 0.717) is 29.0 Å². The van der Waals surface area contributed by atoms with Gasteiger partial charge in [-0.25, -0.2) is 19.7 Å². The van der Waals surface area contributed by atoms with E-state index in [9.17, 15) is 4.79 Å². The third-order valence-electron chi connectivity index (χ3n) is 7.15. The number of hydrogen-bond donors (Lipinski definition) is 3. The number of nitrogens with zero attached hydrogens (tertiary/aromatic N) is 4. The Kier molecular flexibility index (Phi) is 6.29. The Morgan fingerprint density at radius 2 is 1.73 bits per heavy atom. The number of urea groups is 1.